The minimum absolute atomic E-state index is 0.0407. The number of nitrogens with one attached hydrogen (secondary N) is 1. The van der Waals surface area contributed by atoms with Crippen molar-refractivity contribution in [2.75, 3.05) is 0 Å². The first-order valence-corrected chi connectivity index (χ1v) is 9.88. The molecule has 0 radical (unpaired) electrons. The third-order valence-electron chi connectivity index (χ3n) is 5.09. The summed E-state index contributed by atoms with van der Waals surface area (Å²) in [6.45, 7) is 3.39. The van der Waals surface area contributed by atoms with E-state index in [0.717, 1.165) is 48.8 Å². The number of oxazole rings is 1. The summed E-state index contributed by atoms with van der Waals surface area (Å²) in [5.74, 6) is 3.12. The van der Waals surface area contributed by atoms with Crippen molar-refractivity contribution < 1.29 is 9.21 Å². The van der Waals surface area contributed by atoms with Crippen molar-refractivity contribution in [3.63, 3.8) is 0 Å². The van der Waals surface area contributed by atoms with Crippen molar-refractivity contribution in [1.29, 1.82) is 0 Å². The van der Waals surface area contributed by atoms with Crippen molar-refractivity contribution in [2.45, 2.75) is 58.5 Å². The topological polar surface area (TPSA) is 85.8 Å². The fraction of sp³-hybridized carbons (Fsp3) is 0.429. The highest BCUT2D eigenvalue weighted by Gasteiger charge is 2.15. The Morgan fingerprint density at radius 2 is 2.04 bits per heavy atom. The molecule has 4 rings (SSSR count). The van der Waals surface area contributed by atoms with Crippen LogP contribution in [0, 0.1) is 6.92 Å². The number of hydrogen-bond acceptors (Lipinski definition) is 5. The molecular weight excluding hydrogens is 354 g/mol. The number of carbonyl (C=O) groups is 1. The fourth-order valence-electron chi connectivity index (χ4n) is 3.44. The Balaban J connectivity index is 1.28. The summed E-state index contributed by atoms with van der Waals surface area (Å²) >= 11 is 0. The number of rotatable bonds is 6. The smallest absolute Gasteiger partial charge is 0.220 e. The molecule has 146 valence electrons. The molecule has 1 amide bonds. The van der Waals surface area contributed by atoms with Crippen LogP contribution in [0.4, 0.5) is 0 Å². The van der Waals surface area contributed by atoms with E-state index < -0.39 is 0 Å². The molecule has 7 nitrogen and oxygen atoms in total. The van der Waals surface area contributed by atoms with E-state index in [9.17, 15) is 4.79 Å². The normalized spacial score (nSPS) is 13.8. The Bertz CT molecular complexity index is 942. The van der Waals surface area contributed by atoms with E-state index in [1.807, 2.05) is 31.2 Å². The van der Waals surface area contributed by atoms with Crippen molar-refractivity contribution >= 4 is 5.91 Å². The number of benzene rings is 1. The van der Waals surface area contributed by atoms with Gasteiger partial charge in [-0.25, -0.2) is 4.98 Å². The Morgan fingerprint density at radius 1 is 1.18 bits per heavy atom. The molecule has 3 aromatic rings. The number of carbonyl (C=O) groups excluding carboxylic acids is 1. The Morgan fingerprint density at radius 3 is 2.89 bits per heavy atom. The lowest BCUT2D eigenvalue weighted by atomic mass is 10.1. The second kappa shape index (κ2) is 8.37. The number of fused-ring (bicyclic) bond motifs is 1. The Hall–Kier alpha value is -2.96. The summed E-state index contributed by atoms with van der Waals surface area (Å²) in [6.07, 6.45) is 6.99. The SMILES string of the molecule is Cc1ccc(-c2cnc(CCC(=O)NCc3nnc4n3CCCCC4)o2)cc1. The highest BCUT2D eigenvalue weighted by Crippen LogP contribution is 2.21. The van der Waals surface area contributed by atoms with Crippen LogP contribution in [0.1, 0.15) is 48.8 Å². The Labute approximate surface area is 164 Å². The van der Waals surface area contributed by atoms with Gasteiger partial charge in [0.2, 0.25) is 5.91 Å². The predicted molar refractivity (Wildman–Crippen MR) is 104 cm³/mol. The zero-order valence-electron chi connectivity index (χ0n) is 16.1. The predicted octanol–water partition coefficient (Wildman–Crippen LogP) is 3.22. The van der Waals surface area contributed by atoms with Gasteiger partial charge >= 0.3 is 0 Å². The summed E-state index contributed by atoms with van der Waals surface area (Å²) in [6, 6.07) is 8.09. The maximum Gasteiger partial charge on any atom is 0.220 e. The van der Waals surface area contributed by atoms with Crippen molar-refractivity contribution in [3.8, 4) is 11.3 Å². The van der Waals surface area contributed by atoms with Crippen LogP contribution in [-0.2, 0) is 30.7 Å². The summed E-state index contributed by atoms with van der Waals surface area (Å²) in [5.41, 5.74) is 2.19. The maximum atomic E-state index is 12.2. The lowest BCUT2D eigenvalue weighted by Crippen LogP contribution is -2.25. The lowest BCUT2D eigenvalue weighted by molar-refractivity contribution is -0.121. The molecule has 0 fully saturated rings. The molecule has 0 bridgehead atoms. The third-order valence-corrected chi connectivity index (χ3v) is 5.09. The number of aromatic nitrogens is 4. The minimum atomic E-state index is -0.0407. The first kappa shape index (κ1) is 18.4. The fourth-order valence-corrected chi connectivity index (χ4v) is 3.44. The molecule has 0 saturated heterocycles. The summed E-state index contributed by atoms with van der Waals surface area (Å²) < 4.78 is 7.93. The highest BCUT2D eigenvalue weighted by atomic mass is 16.4. The van der Waals surface area contributed by atoms with Crippen LogP contribution in [0.2, 0.25) is 0 Å². The molecular formula is C21H25N5O2. The van der Waals surface area contributed by atoms with Gasteiger partial charge in [0, 0.05) is 31.4 Å². The van der Waals surface area contributed by atoms with Crippen molar-refractivity contribution in [3.05, 3.63) is 53.6 Å². The molecule has 28 heavy (non-hydrogen) atoms. The van der Waals surface area contributed by atoms with Gasteiger partial charge in [0.1, 0.15) is 5.82 Å². The number of hydrogen-bond donors (Lipinski definition) is 1. The largest absolute Gasteiger partial charge is 0.441 e. The molecule has 0 unspecified atom stereocenters. The van der Waals surface area contributed by atoms with Crippen LogP contribution in [0.15, 0.2) is 34.9 Å². The molecule has 7 heteroatoms. The number of amides is 1. The summed E-state index contributed by atoms with van der Waals surface area (Å²) in [4.78, 5) is 16.5. The monoisotopic (exact) mass is 379 g/mol. The van der Waals surface area contributed by atoms with Gasteiger partial charge in [0.05, 0.1) is 12.7 Å². The van der Waals surface area contributed by atoms with E-state index in [1.54, 1.807) is 6.20 Å². The van der Waals surface area contributed by atoms with Crippen LogP contribution in [-0.4, -0.2) is 25.7 Å². The van der Waals surface area contributed by atoms with Gasteiger partial charge in [-0.1, -0.05) is 36.2 Å². The standard InChI is InChI=1S/C21H25N5O2/c1-15-6-8-16(9-7-15)17-13-23-21(28-17)11-10-20(27)22-14-19-25-24-18-5-3-2-4-12-26(18)19/h6-9,13H,2-5,10-12,14H2,1H3,(H,22,27). The van der Waals surface area contributed by atoms with E-state index in [0.29, 0.717) is 25.3 Å². The number of aryl methyl sites for hydroxylation is 3. The quantitative estimate of drug-likeness (QED) is 0.711. The average molecular weight is 379 g/mol. The zero-order valence-corrected chi connectivity index (χ0v) is 16.1. The van der Waals surface area contributed by atoms with E-state index in [1.165, 1.54) is 12.0 Å². The first-order valence-electron chi connectivity index (χ1n) is 9.88. The molecule has 3 heterocycles. The average Bonchev–Trinajstić information content (AvgIpc) is 3.26. The molecule has 0 atom stereocenters. The van der Waals surface area contributed by atoms with Gasteiger partial charge in [-0.2, -0.15) is 0 Å². The van der Waals surface area contributed by atoms with Crippen LogP contribution < -0.4 is 5.32 Å². The second-order valence-corrected chi connectivity index (χ2v) is 7.26. The molecule has 2 aromatic heterocycles. The van der Waals surface area contributed by atoms with Gasteiger partial charge < -0.3 is 14.3 Å². The van der Waals surface area contributed by atoms with Crippen molar-refractivity contribution in [1.82, 2.24) is 25.1 Å². The van der Waals surface area contributed by atoms with E-state index in [2.05, 4.69) is 25.1 Å². The van der Waals surface area contributed by atoms with Crippen LogP contribution in [0.5, 0.6) is 0 Å². The molecule has 1 N–H and O–H groups in total. The summed E-state index contributed by atoms with van der Waals surface area (Å²) in [7, 11) is 0. The first-order chi connectivity index (χ1) is 13.7. The van der Waals surface area contributed by atoms with Gasteiger partial charge in [0.25, 0.3) is 0 Å². The second-order valence-electron chi connectivity index (χ2n) is 7.26. The van der Waals surface area contributed by atoms with Crippen molar-refractivity contribution in [2.24, 2.45) is 0 Å². The molecule has 1 aliphatic rings. The summed E-state index contributed by atoms with van der Waals surface area (Å²) in [5, 5.41) is 11.4. The maximum absolute atomic E-state index is 12.2. The van der Waals surface area contributed by atoms with Crippen LogP contribution in [0.3, 0.4) is 0 Å². The van der Waals surface area contributed by atoms with Gasteiger partial charge in [-0.3, -0.25) is 4.79 Å². The zero-order chi connectivity index (χ0) is 19.3. The highest BCUT2D eigenvalue weighted by molar-refractivity contribution is 5.75. The van der Waals surface area contributed by atoms with E-state index in [-0.39, 0.29) is 5.91 Å². The molecule has 1 aromatic carbocycles. The van der Waals surface area contributed by atoms with E-state index >= 15 is 0 Å². The van der Waals surface area contributed by atoms with Gasteiger partial charge in [0.15, 0.2) is 17.5 Å². The third kappa shape index (κ3) is 4.30. The van der Waals surface area contributed by atoms with E-state index in [4.69, 9.17) is 4.42 Å². The Kier molecular flexibility index (Phi) is 5.50. The van der Waals surface area contributed by atoms with Gasteiger partial charge in [-0.15, -0.1) is 10.2 Å². The van der Waals surface area contributed by atoms with Crippen LogP contribution >= 0.6 is 0 Å². The minimum Gasteiger partial charge on any atom is -0.441 e. The molecule has 1 aliphatic heterocycles. The number of nitrogens with zero attached hydrogens (tertiary/aromatic N) is 4. The van der Waals surface area contributed by atoms with Gasteiger partial charge in [-0.05, 0) is 19.8 Å². The molecule has 0 spiro atoms. The lowest BCUT2D eigenvalue weighted by Gasteiger charge is -2.08. The van der Waals surface area contributed by atoms with Crippen LogP contribution in [0.25, 0.3) is 11.3 Å². The molecule has 0 saturated carbocycles. The molecule has 0 aliphatic carbocycles.